The molecule has 0 saturated heterocycles. The fourth-order valence-corrected chi connectivity index (χ4v) is 11.9. The van der Waals surface area contributed by atoms with Crippen molar-refractivity contribution >= 4 is 25.7 Å². The number of carbonyl (C=O) groups is 3. The Hall–Kier alpha value is -1.69. The van der Waals surface area contributed by atoms with Crippen molar-refractivity contribution in [3.05, 3.63) is 0 Å². The molecule has 0 aromatic heterocycles. The average Bonchev–Trinajstić information content (AvgIpc) is 3.29. The number of rotatable bonds is 12. The van der Waals surface area contributed by atoms with Crippen LogP contribution in [-0.2, 0) is 42.0 Å². The van der Waals surface area contributed by atoms with Crippen LogP contribution in [0.25, 0.3) is 0 Å². The van der Waals surface area contributed by atoms with Gasteiger partial charge in [0.05, 0.1) is 18.3 Å². The highest BCUT2D eigenvalue weighted by Gasteiger charge is 2.68. The molecule has 4 aliphatic carbocycles. The number of esters is 2. The topological polar surface area (TPSA) is 135 Å². The van der Waals surface area contributed by atoms with Gasteiger partial charge in [-0.2, -0.15) is 13.2 Å². The van der Waals surface area contributed by atoms with Gasteiger partial charge in [0.25, 0.3) is 0 Å². The summed E-state index contributed by atoms with van der Waals surface area (Å²) < 4.78 is 84.8. The molecule has 48 heavy (non-hydrogen) atoms. The zero-order valence-corrected chi connectivity index (χ0v) is 30.3. The maximum absolute atomic E-state index is 14.3. The van der Waals surface area contributed by atoms with Gasteiger partial charge in [0, 0.05) is 18.8 Å². The number of halogens is 3. The second kappa shape index (κ2) is 14.5. The normalized spacial score (nSPS) is 37.4. The van der Waals surface area contributed by atoms with Gasteiger partial charge in [-0.3, -0.25) is 23.2 Å². The van der Waals surface area contributed by atoms with Crippen molar-refractivity contribution in [3.8, 4) is 0 Å². The summed E-state index contributed by atoms with van der Waals surface area (Å²) in [5, 5.41) is 9.40. The van der Waals surface area contributed by atoms with E-state index >= 15 is 0 Å². The van der Waals surface area contributed by atoms with Gasteiger partial charge in [0.1, 0.15) is 12.2 Å². The van der Waals surface area contributed by atoms with Gasteiger partial charge in [-0.1, -0.05) is 20.8 Å². The van der Waals surface area contributed by atoms with E-state index in [0.717, 1.165) is 0 Å². The highest BCUT2D eigenvalue weighted by Crippen LogP contribution is 2.71. The minimum Gasteiger partial charge on any atom is -0.481 e. The van der Waals surface area contributed by atoms with E-state index in [9.17, 15) is 37.2 Å². The number of ether oxygens (including phenoxy) is 2. The Morgan fingerprint density at radius 1 is 0.917 bits per heavy atom. The smallest absolute Gasteiger partial charge is 0.481 e. The summed E-state index contributed by atoms with van der Waals surface area (Å²) in [6, 6.07) is 0. The van der Waals surface area contributed by atoms with E-state index in [0.29, 0.717) is 44.9 Å². The Bertz CT molecular complexity index is 1230. The number of phosphoric acid groups is 1. The summed E-state index contributed by atoms with van der Waals surface area (Å²) in [4.78, 5) is 35.9. The molecule has 0 spiro atoms. The van der Waals surface area contributed by atoms with Crippen LogP contribution in [0.15, 0.2) is 0 Å². The third kappa shape index (κ3) is 8.10. The van der Waals surface area contributed by atoms with Crippen LogP contribution in [0.5, 0.6) is 0 Å². The van der Waals surface area contributed by atoms with E-state index in [1.165, 1.54) is 6.92 Å². The van der Waals surface area contributed by atoms with Crippen molar-refractivity contribution in [3.63, 3.8) is 0 Å². The zero-order chi connectivity index (χ0) is 36.0. The van der Waals surface area contributed by atoms with Gasteiger partial charge < -0.3 is 14.6 Å². The molecule has 11 atom stereocenters. The molecule has 4 fully saturated rings. The minimum atomic E-state index is -5.19. The first-order valence-electron chi connectivity index (χ1n) is 17.4. The molecule has 14 heteroatoms. The van der Waals surface area contributed by atoms with Gasteiger partial charge >= 0.3 is 31.9 Å². The average molecular weight is 711 g/mol. The van der Waals surface area contributed by atoms with Crippen molar-refractivity contribution in [2.24, 2.45) is 46.3 Å². The third-order valence-electron chi connectivity index (χ3n) is 12.0. The first-order valence-corrected chi connectivity index (χ1v) is 18.9. The van der Waals surface area contributed by atoms with Crippen molar-refractivity contribution in [2.45, 2.75) is 150 Å². The van der Waals surface area contributed by atoms with Crippen molar-refractivity contribution < 1.29 is 60.3 Å². The predicted molar refractivity (Wildman–Crippen MR) is 168 cm³/mol. The highest BCUT2D eigenvalue weighted by molar-refractivity contribution is 7.48. The fraction of sp³-hybridized carbons (Fsp3) is 0.912. The quantitative estimate of drug-likeness (QED) is 0.156. The van der Waals surface area contributed by atoms with Gasteiger partial charge in [0.2, 0.25) is 0 Å². The number of fused-ring (bicyclic) bond motifs is 5. The van der Waals surface area contributed by atoms with Crippen molar-refractivity contribution in [2.75, 3.05) is 0 Å². The molecular formula is C34H54F3O10P. The predicted octanol–water partition coefficient (Wildman–Crippen LogP) is 8.12. The van der Waals surface area contributed by atoms with Gasteiger partial charge in [-0.25, -0.2) is 9.36 Å². The molecule has 4 saturated carbocycles. The van der Waals surface area contributed by atoms with E-state index in [2.05, 4.69) is 6.92 Å². The number of carboxylic acids is 1. The number of carboxylic acid groups (broad SMARTS) is 1. The maximum atomic E-state index is 14.3. The molecule has 10 nitrogen and oxygen atoms in total. The summed E-state index contributed by atoms with van der Waals surface area (Å²) in [6.45, 7) is 14.2. The van der Waals surface area contributed by atoms with Crippen LogP contribution < -0.4 is 0 Å². The largest absolute Gasteiger partial charge is 0.490 e. The molecule has 276 valence electrons. The van der Waals surface area contributed by atoms with Gasteiger partial charge in [-0.15, -0.1) is 0 Å². The highest BCUT2D eigenvalue weighted by atomic mass is 31.2. The zero-order valence-electron chi connectivity index (χ0n) is 29.4. The van der Waals surface area contributed by atoms with E-state index < -0.39 is 67.2 Å². The SMILES string of the molecule is CC(=O)OC1CCC2(C)C(C1)CC(OP(=O)(OC(C)C)OC(C)C)C1C2CC(OC(=O)C(F)(F)F)C2(C)C(C(C)CCC(=O)O)CCC12. The van der Waals surface area contributed by atoms with E-state index in [4.69, 9.17) is 23.0 Å². The lowest BCUT2D eigenvalue weighted by Gasteiger charge is -2.64. The molecule has 4 rings (SSSR count). The molecule has 0 heterocycles. The first-order chi connectivity index (χ1) is 22.1. The molecule has 0 aromatic rings. The molecule has 0 aromatic carbocycles. The molecular weight excluding hydrogens is 656 g/mol. The third-order valence-corrected chi connectivity index (χ3v) is 13.9. The Balaban J connectivity index is 1.82. The van der Waals surface area contributed by atoms with E-state index in [1.54, 1.807) is 27.7 Å². The lowest BCUT2D eigenvalue weighted by Crippen LogP contribution is -2.63. The number of hydrogen-bond donors (Lipinski definition) is 1. The summed E-state index contributed by atoms with van der Waals surface area (Å²) in [5.41, 5.74) is -1.37. The fourth-order valence-electron chi connectivity index (χ4n) is 10.2. The number of hydrogen-bond acceptors (Lipinski definition) is 9. The van der Waals surface area contributed by atoms with Crippen molar-refractivity contribution in [1.29, 1.82) is 0 Å². The van der Waals surface area contributed by atoms with Crippen LogP contribution in [0.1, 0.15) is 113 Å². The molecule has 0 bridgehead atoms. The van der Waals surface area contributed by atoms with Crippen LogP contribution in [0, 0.1) is 46.3 Å². The Morgan fingerprint density at radius 2 is 1.54 bits per heavy atom. The maximum Gasteiger partial charge on any atom is 0.490 e. The summed E-state index contributed by atoms with van der Waals surface area (Å²) in [5.74, 6) is -4.98. The second-order valence-electron chi connectivity index (χ2n) is 15.7. The molecule has 1 N–H and O–H groups in total. The molecule has 0 radical (unpaired) electrons. The van der Waals surface area contributed by atoms with Crippen LogP contribution in [-0.4, -0.2) is 59.7 Å². The molecule has 0 aliphatic heterocycles. The number of phosphoric ester groups is 1. The molecule has 0 amide bonds. The van der Waals surface area contributed by atoms with Gasteiger partial charge in [-0.05, 0) is 120 Å². The standard InChI is InChI=1S/C34H54F3O10P/c1-18(2)45-48(42,46-19(3)4)47-27-16-22-15-23(43-21(6)38)13-14-32(22,7)26-17-28(44-31(41)34(35,36)37)33(8)24(10-11-25(33)30(26)27)20(5)9-12-29(39)40/h18-20,22-28,30H,9-17H2,1-8H3,(H,39,40). The monoisotopic (exact) mass is 710 g/mol. The van der Waals surface area contributed by atoms with E-state index in [1.807, 2.05) is 13.8 Å². The molecule has 4 aliphatic rings. The number of alkyl halides is 3. The van der Waals surface area contributed by atoms with E-state index in [-0.39, 0.29) is 54.5 Å². The first kappa shape index (κ1) is 39.1. The minimum absolute atomic E-state index is 0.0886. The van der Waals surface area contributed by atoms with Crippen LogP contribution in [0.2, 0.25) is 0 Å². The Morgan fingerprint density at radius 3 is 2.08 bits per heavy atom. The van der Waals surface area contributed by atoms with Crippen LogP contribution in [0.4, 0.5) is 13.2 Å². The summed E-state index contributed by atoms with van der Waals surface area (Å²) in [6.07, 6.45) is -4.55. The lowest BCUT2D eigenvalue weighted by molar-refractivity contribution is -0.239. The van der Waals surface area contributed by atoms with Crippen LogP contribution >= 0.6 is 7.82 Å². The Kier molecular flexibility index (Phi) is 11.8. The van der Waals surface area contributed by atoms with Crippen molar-refractivity contribution in [1.82, 2.24) is 0 Å². The number of carbonyl (C=O) groups excluding carboxylic acids is 2. The molecule has 11 unspecified atom stereocenters. The van der Waals surface area contributed by atoms with Gasteiger partial charge in [0.15, 0.2) is 0 Å². The number of aliphatic carboxylic acids is 1. The van der Waals surface area contributed by atoms with Crippen LogP contribution in [0.3, 0.4) is 0 Å². The second-order valence-corrected chi connectivity index (χ2v) is 17.2. The summed E-state index contributed by atoms with van der Waals surface area (Å²) in [7, 11) is -4.13. The lowest BCUT2D eigenvalue weighted by atomic mass is 9.43. The Labute approximate surface area is 282 Å². The summed E-state index contributed by atoms with van der Waals surface area (Å²) >= 11 is 0.